The van der Waals surface area contributed by atoms with Crippen molar-refractivity contribution in [2.45, 2.75) is 82.8 Å². The van der Waals surface area contributed by atoms with Gasteiger partial charge in [-0.15, -0.1) is 6.42 Å². The Labute approximate surface area is 248 Å². The third-order valence-corrected chi connectivity index (χ3v) is 8.45. The van der Waals surface area contributed by atoms with Crippen molar-refractivity contribution in [3.63, 3.8) is 0 Å². The van der Waals surface area contributed by atoms with E-state index in [9.17, 15) is 14.5 Å². The highest BCUT2D eigenvalue weighted by atomic mass is 31.2. The van der Waals surface area contributed by atoms with E-state index in [4.69, 9.17) is 24.9 Å². The summed E-state index contributed by atoms with van der Waals surface area (Å²) in [4.78, 5) is 25.6. The Morgan fingerprint density at radius 3 is 2.67 bits per heavy atom. The van der Waals surface area contributed by atoms with Gasteiger partial charge in [-0.2, -0.15) is 5.09 Å². The molecular formula is C28H34FN6O7P. The molecule has 5 rings (SSSR count). The van der Waals surface area contributed by atoms with Gasteiger partial charge >= 0.3 is 13.7 Å². The van der Waals surface area contributed by atoms with Gasteiger partial charge in [0, 0.05) is 6.04 Å². The van der Waals surface area contributed by atoms with Gasteiger partial charge in [-0.3, -0.25) is 13.9 Å². The van der Waals surface area contributed by atoms with Crippen molar-refractivity contribution in [3.8, 4) is 18.1 Å². The van der Waals surface area contributed by atoms with Crippen molar-refractivity contribution in [1.82, 2.24) is 24.6 Å². The van der Waals surface area contributed by atoms with E-state index in [1.807, 2.05) is 5.92 Å². The van der Waals surface area contributed by atoms with Crippen molar-refractivity contribution in [3.05, 3.63) is 42.5 Å². The molecule has 0 unspecified atom stereocenters. The van der Waals surface area contributed by atoms with Crippen molar-refractivity contribution >= 4 is 30.7 Å². The number of nitrogens with one attached hydrogen (secondary N) is 2. The van der Waals surface area contributed by atoms with Crippen LogP contribution in [0.4, 0.5) is 10.2 Å². The molecule has 1 aliphatic heterocycles. The number of nitrogens with zero attached hydrogens (tertiary/aromatic N) is 4. The molecule has 2 fully saturated rings. The van der Waals surface area contributed by atoms with Gasteiger partial charge < -0.3 is 24.4 Å². The number of para-hydroxylation sites is 1. The number of fused-ring (bicyclic) bond motifs is 1. The number of halogens is 1. The summed E-state index contributed by atoms with van der Waals surface area (Å²) in [6.45, 7) is 5.84. The second-order valence-corrected chi connectivity index (χ2v) is 12.5. The van der Waals surface area contributed by atoms with Gasteiger partial charge in [0.2, 0.25) is 5.67 Å². The molecule has 6 atom stereocenters. The van der Waals surface area contributed by atoms with Crippen LogP contribution in [0.25, 0.3) is 11.2 Å². The number of aryl methyl sites for hydroxylation is 1. The first-order chi connectivity index (χ1) is 20.4. The molecular weight excluding hydrogens is 582 g/mol. The Balaban J connectivity index is 1.39. The lowest BCUT2D eigenvalue weighted by molar-refractivity contribution is -0.149. The summed E-state index contributed by atoms with van der Waals surface area (Å²) in [5, 5.41) is 16.8. The fourth-order valence-electron chi connectivity index (χ4n) is 4.54. The second kappa shape index (κ2) is 12.2. The van der Waals surface area contributed by atoms with E-state index >= 15 is 4.39 Å². The lowest BCUT2D eigenvalue weighted by atomic mass is 9.97. The highest BCUT2D eigenvalue weighted by molar-refractivity contribution is 7.52. The van der Waals surface area contributed by atoms with E-state index in [0.717, 1.165) is 12.8 Å². The van der Waals surface area contributed by atoms with Gasteiger partial charge in [0.1, 0.15) is 29.8 Å². The number of aliphatic hydroxyl groups excluding tert-OH is 1. The number of imidazole rings is 1. The second-order valence-electron chi connectivity index (χ2n) is 10.8. The number of esters is 1. The zero-order valence-corrected chi connectivity index (χ0v) is 25.0. The Morgan fingerprint density at radius 2 is 2.02 bits per heavy atom. The average Bonchev–Trinajstić information content (AvgIpc) is 3.62. The minimum absolute atomic E-state index is 0.174. The first-order valence-corrected chi connectivity index (χ1v) is 15.4. The Bertz CT molecular complexity index is 1560. The highest BCUT2D eigenvalue weighted by Crippen LogP contribution is 2.48. The van der Waals surface area contributed by atoms with Gasteiger partial charge in [0.15, 0.2) is 23.2 Å². The van der Waals surface area contributed by atoms with E-state index in [2.05, 4.69) is 25.4 Å². The Kier molecular flexibility index (Phi) is 8.74. The maximum atomic E-state index is 16.3. The van der Waals surface area contributed by atoms with E-state index < -0.39 is 56.6 Å². The van der Waals surface area contributed by atoms with E-state index in [-0.39, 0.29) is 17.4 Å². The predicted molar refractivity (Wildman–Crippen MR) is 154 cm³/mol. The zero-order valence-electron chi connectivity index (χ0n) is 24.1. The van der Waals surface area contributed by atoms with Crippen LogP contribution in [0, 0.1) is 19.3 Å². The van der Waals surface area contributed by atoms with E-state index in [0.29, 0.717) is 17.2 Å². The number of aliphatic hydroxyl groups is 1. The summed E-state index contributed by atoms with van der Waals surface area (Å²) in [5.41, 5.74) is -2.10. The van der Waals surface area contributed by atoms with Crippen LogP contribution in [-0.4, -0.2) is 73.3 Å². The number of terminal acetylenes is 1. The normalized spacial score (nSPS) is 25.7. The largest absolute Gasteiger partial charge is 0.462 e. The summed E-state index contributed by atoms with van der Waals surface area (Å²) >= 11 is 0. The Hall–Kier alpha value is -3.60. The number of hydrogen-bond acceptors (Lipinski definition) is 11. The summed E-state index contributed by atoms with van der Waals surface area (Å²) in [5.74, 6) is 2.41. The third kappa shape index (κ3) is 6.66. The van der Waals surface area contributed by atoms with Crippen molar-refractivity contribution in [1.29, 1.82) is 0 Å². The summed E-state index contributed by atoms with van der Waals surface area (Å²) in [6.07, 6.45) is 3.63. The van der Waals surface area contributed by atoms with Crippen LogP contribution in [0.2, 0.25) is 0 Å². The molecule has 1 saturated carbocycles. The highest BCUT2D eigenvalue weighted by Gasteiger charge is 2.58. The number of anilines is 1. The third-order valence-electron chi connectivity index (χ3n) is 6.81. The predicted octanol–water partition coefficient (Wildman–Crippen LogP) is 3.44. The first-order valence-electron chi connectivity index (χ1n) is 13.9. The van der Waals surface area contributed by atoms with Crippen LogP contribution >= 0.6 is 7.75 Å². The fraction of sp³-hybridized carbons (Fsp3) is 0.500. The summed E-state index contributed by atoms with van der Waals surface area (Å²) in [7, 11) is -4.33. The van der Waals surface area contributed by atoms with Gasteiger partial charge in [-0.1, -0.05) is 24.1 Å². The maximum absolute atomic E-state index is 16.3. The molecule has 1 saturated heterocycles. The number of carbonyl (C=O) groups is 1. The van der Waals surface area contributed by atoms with Crippen molar-refractivity contribution in [2.24, 2.45) is 0 Å². The quantitative estimate of drug-likeness (QED) is 0.155. The molecule has 13 nitrogen and oxygen atoms in total. The molecule has 1 aliphatic carbocycles. The average molecular weight is 617 g/mol. The Morgan fingerprint density at radius 1 is 1.30 bits per heavy atom. The molecule has 230 valence electrons. The molecule has 15 heteroatoms. The molecule has 3 heterocycles. The number of alkyl halides is 1. The number of rotatable bonds is 12. The molecule has 0 amide bonds. The van der Waals surface area contributed by atoms with Crippen molar-refractivity contribution in [2.75, 3.05) is 11.9 Å². The zero-order chi connectivity index (χ0) is 30.9. The van der Waals surface area contributed by atoms with Crippen LogP contribution < -0.4 is 14.9 Å². The number of hydrogen-bond donors (Lipinski definition) is 3. The SMILES string of the molecule is C#C[C@@]1(F)[C@H](O)[C@@H](CO[P@](=O)(N[C@H](C)C(=O)OC(C)C)Oc2ccccc2)O[C@H]1n1cnc2c(NC3CC3)nc(C)nc21. The van der Waals surface area contributed by atoms with Crippen LogP contribution in [-0.2, 0) is 23.4 Å². The molecule has 3 N–H and O–H groups in total. The van der Waals surface area contributed by atoms with Gasteiger partial charge in [-0.25, -0.2) is 23.9 Å². The number of benzene rings is 1. The monoisotopic (exact) mass is 616 g/mol. The molecule has 2 aromatic heterocycles. The van der Waals surface area contributed by atoms with Crippen LogP contribution in [0.3, 0.4) is 0 Å². The fourth-order valence-corrected chi connectivity index (χ4v) is 6.04. The van der Waals surface area contributed by atoms with Crippen molar-refractivity contribution < 1.29 is 37.4 Å². The maximum Gasteiger partial charge on any atom is 0.459 e. The molecule has 0 bridgehead atoms. The molecule has 3 aromatic rings. The standard InChI is InChI=1S/C28H34FN6O7P/c1-6-28(29)23(36)21(41-27(28)35-15-30-22-24(33-19-12-13-19)31-18(5)32-25(22)35)14-39-43(38,42-20-10-8-7-9-11-20)34-17(4)26(37)40-16(2)3/h1,7-11,15-17,19,21,23,27,36H,12-14H2,2-5H3,(H,34,38)(H,31,32,33)/t17-,21-,23-,27-,28-,43-/m1/s1. The van der Waals surface area contributed by atoms with Gasteiger partial charge in [0.25, 0.3) is 0 Å². The lowest BCUT2D eigenvalue weighted by Crippen LogP contribution is -2.42. The number of ether oxygens (including phenoxy) is 2. The minimum Gasteiger partial charge on any atom is -0.462 e. The van der Waals surface area contributed by atoms with E-state index in [1.54, 1.807) is 39.0 Å². The minimum atomic E-state index is -4.33. The number of aromatic nitrogens is 4. The smallest absolute Gasteiger partial charge is 0.459 e. The molecule has 1 aromatic carbocycles. The van der Waals surface area contributed by atoms with Crippen LogP contribution in [0.5, 0.6) is 5.75 Å². The van der Waals surface area contributed by atoms with E-state index in [1.165, 1.54) is 30.0 Å². The molecule has 0 spiro atoms. The molecule has 2 aliphatic rings. The van der Waals surface area contributed by atoms with Crippen LogP contribution in [0.15, 0.2) is 36.7 Å². The first kappa shape index (κ1) is 30.8. The van der Waals surface area contributed by atoms with Gasteiger partial charge in [-0.05, 0) is 52.7 Å². The number of carbonyl (C=O) groups excluding carboxylic acids is 1. The lowest BCUT2D eigenvalue weighted by Gasteiger charge is -2.25. The topological polar surface area (TPSA) is 159 Å². The van der Waals surface area contributed by atoms with Gasteiger partial charge in [0.05, 0.1) is 19.0 Å². The summed E-state index contributed by atoms with van der Waals surface area (Å²) < 4.78 is 53.8. The summed E-state index contributed by atoms with van der Waals surface area (Å²) in [6, 6.07) is 7.28. The molecule has 43 heavy (non-hydrogen) atoms. The van der Waals surface area contributed by atoms with Crippen LogP contribution in [0.1, 0.15) is 45.7 Å². The molecule has 0 radical (unpaired) electrons.